The maximum Gasteiger partial charge on any atom is 0.153 e. The Bertz CT molecular complexity index is 782. The van der Waals surface area contributed by atoms with Crippen LogP contribution in [0.5, 0.6) is 0 Å². The molecule has 0 spiro atoms. The summed E-state index contributed by atoms with van der Waals surface area (Å²) in [5.41, 5.74) is 2.13. The Hall–Kier alpha value is -1.84. The van der Waals surface area contributed by atoms with Crippen LogP contribution in [-0.2, 0) is 6.54 Å². The third-order valence-corrected chi connectivity index (χ3v) is 3.69. The summed E-state index contributed by atoms with van der Waals surface area (Å²) in [6.07, 6.45) is 0. The van der Waals surface area contributed by atoms with E-state index < -0.39 is 0 Å². The molecular formula is C17H15ClFNO. The monoisotopic (exact) mass is 303 g/mol. The summed E-state index contributed by atoms with van der Waals surface area (Å²) in [4.78, 5) is 0. The number of hydrogen-bond donors (Lipinski definition) is 1. The van der Waals surface area contributed by atoms with Crippen LogP contribution in [0.3, 0.4) is 0 Å². The largest absolute Gasteiger partial charge is 0.455 e. The number of benzene rings is 2. The molecule has 0 amide bonds. The van der Waals surface area contributed by atoms with Gasteiger partial charge in [-0.25, -0.2) is 4.39 Å². The Kier molecular flexibility index (Phi) is 3.95. The van der Waals surface area contributed by atoms with Crippen LogP contribution in [0.2, 0.25) is 5.02 Å². The van der Waals surface area contributed by atoms with Crippen LogP contribution in [0.1, 0.15) is 12.5 Å². The van der Waals surface area contributed by atoms with Crippen LogP contribution >= 0.6 is 11.6 Å². The minimum absolute atomic E-state index is 0.214. The molecule has 3 aromatic rings. The van der Waals surface area contributed by atoms with E-state index in [1.165, 1.54) is 6.07 Å². The predicted octanol–water partition coefficient (Wildman–Crippen LogP) is 5.00. The number of halogens is 2. The highest BCUT2D eigenvalue weighted by atomic mass is 35.5. The van der Waals surface area contributed by atoms with E-state index >= 15 is 0 Å². The van der Waals surface area contributed by atoms with Gasteiger partial charge in [0.2, 0.25) is 0 Å². The molecule has 0 saturated carbocycles. The third kappa shape index (κ3) is 2.80. The van der Waals surface area contributed by atoms with Crippen molar-refractivity contribution in [1.29, 1.82) is 0 Å². The molecule has 0 aliphatic rings. The first-order chi connectivity index (χ1) is 10.2. The van der Waals surface area contributed by atoms with Gasteiger partial charge >= 0.3 is 0 Å². The average Bonchev–Trinajstić information content (AvgIpc) is 2.92. The highest BCUT2D eigenvalue weighted by Gasteiger charge is 2.11. The minimum Gasteiger partial charge on any atom is -0.455 e. The van der Waals surface area contributed by atoms with Crippen molar-refractivity contribution in [3.05, 3.63) is 58.9 Å². The summed E-state index contributed by atoms with van der Waals surface area (Å²) < 4.78 is 19.6. The number of rotatable bonds is 4. The molecule has 3 rings (SSSR count). The van der Waals surface area contributed by atoms with E-state index in [0.717, 1.165) is 17.5 Å². The van der Waals surface area contributed by atoms with Gasteiger partial charge in [0, 0.05) is 23.1 Å². The van der Waals surface area contributed by atoms with Gasteiger partial charge in [0.25, 0.3) is 0 Å². The smallest absolute Gasteiger partial charge is 0.153 e. The average molecular weight is 304 g/mol. The SMILES string of the molecule is CCNCc1cc(-c2cc3cccc(Cl)c3o2)ccc1F. The Morgan fingerprint density at radius 3 is 2.81 bits per heavy atom. The molecule has 0 unspecified atom stereocenters. The van der Waals surface area contributed by atoms with Crippen molar-refractivity contribution in [2.45, 2.75) is 13.5 Å². The van der Waals surface area contributed by atoms with E-state index in [4.69, 9.17) is 16.0 Å². The van der Waals surface area contributed by atoms with Gasteiger partial charge in [-0.1, -0.05) is 30.7 Å². The van der Waals surface area contributed by atoms with Crippen LogP contribution < -0.4 is 5.32 Å². The molecule has 0 aliphatic heterocycles. The Morgan fingerprint density at radius 2 is 2.05 bits per heavy atom. The van der Waals surface area contributed by atoms with E-state index in [9.17, 15) is 4.39 Å². The lowest BCUT2D eigenvalue weighted by Crippen LogP contribution is -2.12. The minimum atomic E-state index is -0.214. The molecule has 2 nitrogen and oxygen atoms in total. The van der Waals surface area contributed by atoms with Gasteiger partial charge in [0.05, 0.1) is 5.02 Å². The number of hydrogen-bond acceptors (Lipinski definition) is 2. The molecule has 21 heavy (non-hydrogen) atoms. The van der Waals surface area contributed by atoms with Gasteiger partial charge in [0.1, 0.15) is 11.6 Å². The maximum atomic E-state index is 13.8. The van der Waals surface area contributed by atoms with Gasteiger partial charge in [-0.3, -0.25) is 0 Å². The first kappa shape index (κ1) is 14.1. The molecule has 0 aliphatic carbocycles. The van der Waals surface area contributed by atoms with E-state index in [1.807, 2.05) is 31.2 Å². The standard InChI is InChI=1S/C17H15ClFNO/c1-2-20-10-13-8-11(6-7-15(13)19)16-9-12-4-3-5-14(18)17(12)21-16/h3-9,20H,2,10H2,1H3. The second-order valence-corrected chi connectivity index (χ2v) is 5.26. The zero-order valence-electron chi connectivity index (χ0n) is 11.6. The second-order valence-electron chi connectivity index (χ2n) is 4.86. The molecular weight excluding hydrogens is 289 g/mol. The third-order valence-electron chi connectivity index (χ3n) is 3.39. The molecule has 4 heteroatoms. The van der Waals surface area contributed by atoms with Gasteiger partial charge in [-0.15, -0.1) is 0 Å². The first-order valence-corrected chi connectivity index (χ1v) is 7.24. The van der Waals surface area contributed by atoms with Crippen molar-refractivity contribution in [3.63, 3.8) is 0 Å². The van der Waals surface area contributed by atoms with Crippen LogP contribution in [0.4, 0.5) is 4.39 Å². The molecule has 2 aromatic carbocycles. The highest BCUT2D eigenvalue weighted by molar-refractivity contribution is 6.34. The predicted molar refractivity (Wildman–Crippen MR) is 84.0 cm³/mol. The second kappa shape index (κ2) is 5.88. The number of nitrogens with one attached hydrogen (secondary N) is 1. The van der Waals surface area contributed by atoms with E-state index in [0.29, 0.717) is 28.5 Å². The van der Waals surface area contributed by atoms with Gasteiger partial charge in [-0.05, 0) is 36.9 Å². The fourth-order valence-electron chi connectivity index (χ4n) is 2.29. The number of para-hydroxylation sites is 1. The van der Waals surface area contributed by atoms with Crippen LogP contribution in [0.15, 0.2) is 46.9 Å². The summed E-state index contributed by atoms with van der Waals surface area (Å²) in [6, 6.07) is 12.5. The zero-order valence-corrected chi connectivity index (χ0v) is 12.4. The number of fused-ring (bicyclic) bond motifs is 1. The lowest BCUT2D eigenvalue weighted by atomic mass is 10.1. The molecule has 0 saturated heterocycles. The lowest BCUT2D eigenvalue weighted by molar-refractivity contribution is 0.592. The molecule has 1 aromatic heterocycles. The summed E-state index contributed by atoms with van der Waals surface area (Å²) in [6.45, 7) is 3.28. The summed E-state index contributed by atoms with van der Waals surface area (Å²) in [5.74, 6) is 0.477. The molecule has 1 N–H and O–H groups in total. The highest BCUT2D eigenvalue weighted by Crippen LogP contribution is 2.32. The molecule has 0 fully saturated rings. The van der Waals surface area contributed by atoms with E-state index in [-0.39, 0.29) is 5.82 Å². The molecule has 108 valence electrons. The van der Waals surface area contributed by atoms with E-state index in [2.05, 4.69) is 5.32 Å². The van der Waals surface area contributed by atoms with Crippen molar-refractivity contribution in [3.8, 4) is 11.3 Å². The van der Waals surface area contributed by atoms with Crippen LogP contribution in [0.25, 0.3) is 22.3 Å². The summed E-state index contributed by atoms with van der Waals surface area (Å²) >= 11 is 6.12. The van der Waals surface area contributed by atoms with E-state index in [1.54, 1.807) is 12.1 Å². The fraction of sp³-hybridized carbons (Fsp3) is 0.176. The van der Waals surface area contributed by atoms with Crippen LogP contribution in [-0.4, -0.2) is 6.54 Å². The van der Waals surface area contributed by atoms with Crippen molar-refractivity contribution < 1.29 is 8.81 Å². The normalized spacial score (nSPS) is 11.2. The van der Waals surface area contributed by atoms with Crippen molar-refractivity contribution in [2.75, 3.05) is 6.54 Å². The van der Waals surface area contributed by atoms with Crippen molar-refractivity contribution >= 4 is 22.6 Å². The van der Waals surface area contributed by atoms with Crippen molar-refractivity contribution in [1.82, 2.24) is 5.32 Å². The maximum absolute atomic E-state index is 13.8. The first-order valence-electron chi connectivity index (χ1n) is 6.86. The fourth-order valence-corrected chi connectivity index (χ4v) is 2.51. The number of furan rings is 1. The molecule has 0 radical (unpaired) electrons. The Morgan fingerprint density at radius 1 is 1.19 bits per heavy atom. The molecule has 0 atom stereocenters. The topological polar surface area (TPSA) is 25.2 Å². The zero-order chi connectivity index (χ0) is 14.8. The summed E-state index contributed by atoms with van der Waals surface area (Å²) in [5, 5.41) is 4.65. The summed E-state index contributed by atoms with van der Waals surface area (Å²) in [7, 11) is 0. The molecule has 0 bridgehead atoms. The Balaban J connectivity index is 2.03. The quantitative estimate of drug-likeness (QED) is 0.733. The van der Waals surface area contributed by atoms with Gasteiger partial charge in [0.15, 0.2) is 5.58 Å². The van der Waals surface area contributed by atoms with Crippen LogP contribution in [0, 0.1) is 5.82 Å². The van der Waals surface area contributed by atoms with Gasteiger partial charge < -0.3 is 9.73 Å². The molecule has 1 heterocycles. The van der Waals surface area contributed by atoms with Gasteiger partial charge in [-0.2, -0.15) is 0 Å². The lowest BCUT2D eigenvalue weighted by Gasteiger charge is -2.05. The van der Waals surface area contributed by atoms with Crippen molar-refractivity contribution in [2.24, 2.45) is 0 Å². The Labute approximate surface area is 127 Å².